The van der Waals surface area contributed by atoms with Gasteiger partial charge in [0.25, 0.3) is 5.91 Å². The van der Waals surface area contributed by atoms with Crippen LogP contribution in [0.15, 0.2) is 42.5 Å². The third kappa shape index (κ3) is 5.12. The van der Waals surface area contributed by atoms with Crippen LogP contribution >= 0.6 is 0 Å². The number of nitriles is 1. The Morgan fingerprint density at radius 2 is 1.90 bits per heavy atom. The number of rotatable bonds is 5. The smallest absolute Gasteiger partial charge is 0.254 e. The summed E-state index contributed by atoms with van der Waals surface area (Å²) in [4.78, 5) is 28.9. The van der Waals surface area contributed by atoms with Crippen LogP contribution in [0.5, 0.6) is 5.75 Å². The number of nitrogens with zero attached hydrogens (tertiary/aromatic N) is 3. The second-order valence-electron chi connectivity index (χ2n) is 6.99. The van der Waals surface area contributed by atoms with Crippen molar-refractivity contribution in [3.05, 3.63) is 59.2 Å². The Balaban J connectivity index is 1.51. The summed E-state index contributed by atoms with van der Waals surface area (Å²) < 4.78 is 5.31. The molecule has 1 fully saturated rings. The third-order valence-corrected chi connectivity index (χ3v) is 4.96. The summed E-state index contributed by atoms with van der Waals surface area (Å²) in [5.41, 5.74) is 2.70. The molecule has 1 aliphatic rings. The van der Waals surface area contributed by atoms with Crippen LogP contribution in [0, 0.1) is 18.3 Å². The lowest BCUT2D eigenvalue weighted by molar-refractivity contribution is -0.117. The van der Waals surface area contributed by atoms with Crippen LogP contribution < -0.4 is 10.1 Å². The second kappa shape index (κ2) is 9.22. The van der Waals surface area contributed by atoms with Gasteiger partial charge >= 0.3 is 0 Å². The van der Waals surface area contributed by atoms with Gasteiger partial charge in [-0.25, -0.2) is 0 Å². The molecule has 2 amide bonds. The number of hydrogen-bond donors (Lipinski definition) is 1. The SMILES string of the molecule is COc1cc(C(=O)N2CCN(CC(=O)Nc3cccc(C#N)c3)CC2)ccc1C. The van der Waals surface area contributed by atoms with Gasteiger partial charge in [0, 0.05) is 37.4 Å². The van der Waals surface area contributed by atoms with E-state index < -0.39 is 0 Å². The maximum absolute atomic E-state index is 12.8. The minimum Gasteiger partial charge on any atom is -0.496 e. The summed E-state index contributed by atoms with van der Waals surface area (Å²) in [6.07, 6.45) is 0. The second-order valence-corrected chi connectivity index (χ2v) is 6.99. The Kier molecular flexibility index (Phi) is 6.47. The topological polar surface area (TPSA) is 85.7 Å². The summed E-state index contributed by atoms with van der Waals surface area (Å²) in [5, 5.41) is 11.8. The molecule has 7 heteroatoms. The highest BCUT2D eigenvalue weighted by Gasteiger charge is 2.23. The van der Waals surface area contributed by atoms with Crippen molar-refractivity contribution >= 4 is 17.5 Å². The Bertz CT molecular complexity index is 943. The molecule has 1 aliphatic heterocycles. The van der Waals surface area contributed by atoms with E-state index in [1.807, 2.05) is 24.0 Å². The summed E-state index contributed by atoms with van der Waals surface area (Å²) in [6, 6.07) is 14.3. The van der Waals surface area contributed by atoms with Crippen LogP contribution in [0.25, 0.3) is 0 Å². The van der Waals surface area contributed by atoms with Gasteiger partial charge in [0.2, 0.25) is 5.91 Å². The van der Waals surface area contributed by atoms with Crippen LogP contribution in [-0.2, 0) is 4.79 Å². The minimum absolute atomic E-state index is 0.0271. The van der Waals surface area contributed by atoms with E-state index in [1.165, 1.54) is 0 Å². The lowest BCUT2D eigenvalue weighted by Gasteiger charge is -2.34. The van der Waals surface area contributed by atoms with E-state index in [-0.39, 0.29) is 18.4 Å². The number of anilines is 1. The lowest BCUT2D eigenvalue weighted by Crippen LogP contribution is -2.50. The van der Waals surface area contributed by atoms with Gasteiger partial charge in [-0.15, -0.1) is 0 Å². The average Bonchev–Trinajstić information content (AvgIpc) is 2.74. The molecule has 0 unspecified atom stereocenters. The molecule has 0 aromatic heterocycles. The van der Waals surface area contributed by atoms with Gasteiger partial charge in [0.1, 0.15) is 5.75 Å². The van der Waals surface area contributed by atoms with Gasteiger partial charge in [-0.05, 0) is 42.8 Å². The van der Waals surface area contributed by atoms with Crippen molar-refractivity contribution in [3.63, 3.8) is 0 Å². The number of aryl methyl sites for hydroxylation is 1. The van der Waals surface area contributed by atoms with E-state index in [4.69, 9.17) is 10.00 Å². The van der Waals surface area contributed by atoms with Crippen molar-refractivity contribution in [2.75, 3.05) is 45.2 Å². The van der Waals surface area contributed by atoms with E-state index in [0.717, 1.165) is 5.56 Å². The molecule has 29 heavy (non-hydrogen) atoms. The van der Waals surface area contributed by atoms with Crippen molar-refractivity contribution < 1.29 is 14.3 Å². The van der Waals surface area contributed by atoms with Crippen LogP contribution in [0.4, 0.5) is 5.69 Å². The van der Waals surface area contributed by atoms with Gasteiger partial charge in [0.05, 0.1) is 25.3 Å². The molecule has 0 spiro atoms. The monoisotopic (exact) mass is 392 g/mol. The number of amides is 2. The molecule has 150 valence electrons. The highest BCUT2D eigenvalue weighted by molar-refractivity contribution is 5.95. The minimum atomic E-state index is -0.136. The van der Waals surface area contributed by atoms with Crippen molar-refractivity contribution in [1.29, 1.82) is 5.26 Å². The quantitative estimate of drug-likeness (QED) is 0.844. The average molecular weight is 392 g/mol. The van der Waals surface area contributed by atoms with Gasteiger partial charge in [-0.2, -0.15) is 5.26 Å². The number of methoxy groups -OCH3 is 1. The molecule has 1 saturated heterocycles. The maximum Gasteiger partial charge on any atom is 0.254 e. The van der Waals surface area contributed by atoms with Crippen LogP contribution in [0.1, 0.15) is 21.5 Å². The van der Waals surface area contributed by atoms with Crippen LogP contribution in [0.2, 0.25) is 0 Å². The first kappa shape index (κ1) is 20.4. The predicted molar refractivity (Wildman–Crippen MR) is 110 cm³/mol. The Morgan fingerprint density at radius 3 is 2.59 bits per heavy atom. The van der Waals surface area contributed by atoms with Crippen molar-refractivity contribution in [2.24, 2.45) is 0 Å². The molecule has 0 saturated carbocycles. The Morgan fingerprint density at radius 1 is 1.14 bits per heavy atom. The van der Waals surface area contributed by atoms with Gasteiger partial charge in [0.15, 0.2) is 0 Å². The van der Waals surface area contributed by atoms with Crippen molar-refractivity contribution in [1.82, 2.24) is 9.80 Å². The zero-order valence-electron chi connectivity index (χ0n) is 16.6. The standard InChI is InChI=1S/C22H24N4O3/c1-16-6-7-18(13-20(16)29-2)22(28)26-10-8-25(9-11-26)15-21(27)24-19-5-3-4-17(12-19)14-23/h3-7,12-13H,8-11,15H2,1-2H3,(H,24,27). The number of hydrogen-bond acceptors (Lipinski definition) is 5. The van der Waals surface area contributed by atoms with E-state index in [1.54, 1.807) is 42.3 Å². The highest BCUT2D eigenvalue weighted by Crippen LogP contribution is 2.20. The summed E-state index contributed by atoms with van der Waals surface area (Å²) in [5.74, 6) is 0.537. The van der Waals surface area contributed by atoms with Gasteiger partial charge in [-0.3, -0.25) is 14.5 Å². The summed E-state index contributed by atoms with van der Waals surface area (Å²) in [6.45, 7) is 4.56. The zero-order chi connectivity index (χ0) is 20.8. The molecule has 1 N–H and O–H groups in total. The molecule has 0 radical (unpaired) electrons. The first-order valence-electron chi connectivity index (χ1n) is 9.46. The van der Waals surface area contributed by atoms with Crippen LogP contribution in [0.3, 0.4) is 0 Å². The van der Waals surface area contributed by atoms with Gasteiger partial charge in [-0.1, -0.05) is 12.1 Å². The summed E-state index contributed by atoms with van der Waals surface area (Å²) in [7, 11) is 1.59. The van der Waals surface area contributed by atoms with E-state index in [0.29, 0.717) is 48.7 Å². The lowest BCUT2D eigenvalue weighted by atomic mass is 10.1. The Hall–Kier alpha value is -3.37. The fourth-order valence-electron chi connectivity index (χ4n) is 3.31. The third-order valence-electron chi connectivity index (χ3n) is 4.96. The number of benzene rings is 2. The van der Waals surface area contributed by atoms with E-state index in [9.17, 15) is 9.59 Å². The van der Waals surface area contributed by atoms with E-state index >= 15 is 0 Å². The normalized spacial score (nSPS) is 14.2. The highest BCUT2D eigenvalue weighted by atomic mass is 16.5. The molecule has 0 atom stereocenters. The molecule has 0 bridgehead atoms. The first-order valence-corrected chi connectivity index (χ1v) is 9.46. The molecule has 1 heterocycles. The van der Waals surface area contributed by atoms with Crippen molar-refractivity contribution in [2.45, 2.75) is 6.92 Å². The summed E-state index contributed by atoms with van der Waals surface area (Å²) >= 11 is 0. The molecule has 2 aromatic carbocycles. The molecular weight excluding hydrogens is 368 g/mol. The fraction of sp³-hybridized carbons (Fsp3) is 0.318. The fourth-order valence-corrected chi connectivity index (χ4v) is 3.31. The number of ether oxygens (including phenoxy) is 1. The van der Waals surface area contributed by atoms with Crippen molar-refractivity contribution in [3.8, 4) is 11.8 Å². The molecule has 3 rings (SSSR count). The number of piperazine rings is 1. The molecular formula is C22H24N4O3. The maximum atomic E-state index is 12.8. The van der Waals surface area contributed by atoms with Gasteiger partial charge < -0.3 is 15.0 Å². The number of nitrogens with one attached hydrogen (secondary N) is 1. The predicted octanol–water partition coefficient (Wildman–Crippen LogP) is 2.27. The molecule has 0 aliphatic carbocycles. The molecule has 7 nitrogen and oxygen atoms in total. The number of carbonyl (C=O) groups excluding carboxylic acids is 2. The zero-order valence-corrected chi connectivity index (χ0v) is 16.6. The first-order chi connectivity index (χ1) is 14.0. The van der Waals surface area contributed by atoms with E-state index in [2.05, 4.69) is 11.4 Å². The van der Waals surface area contributed by atoms with Crippen LogP contribution in [-0.4, -0.2) is 61.4 Å². The number of carbonyl (C=O) groups is 2. The Labute approximate surface area is 170 Å². The molecule has 2 aromatic rings. The largest absolute Gasteiger partial charge is 0.496 e.